The van der Waals surface area contributed by atoms with Crippen molar-refractivity contribution in [3.63, 3.8) is 0 Å². The quantitative estimate of drug-likeness (QED) is 0.380. The minimum Gasteiger partial charge on any atom is -0.354 e. The van der Waals surface area contributed by atoms with Crippen molar-refractivity contribution >= 4 is 35.0 Å². The second kappa shape index (κ2) is 12.5. The highest BCUT2D eigenvalue weighted by Crippen LogP contribution is 2.25. The lowest BCUT2D eigenvalue weighted by Gasteiger charge is -2.32. The van der Waals surface area contributed by atoms with E-state index >= 15 is 0 Å². The van der Waals surface area contributed by atoms with Crippen LogP contribution in [0.15, 0.2) is 72.8 Å². The van der Waals surface area contributed by atoms with Gasteiger partial charge in [-0.25, -0.2) is 4.39 Å². The minimum atomic E-state index is -0.789. The maximum absolute atomic E-state index is 14.3. The Labute approximate surface area is 209 Å². The van der Waals surface area contributed by atoms with Crippen molar-refractivity contribution < 1.29 is 14.0 Å². The highest BCUT2D eigenvalue weighted by atomic mass is 35.5. The summed E-state index contributed by atoms with van der Waals surface area (Å²) in [5.41, 5.74) is 1.91. The number of carbonyl (C=O) groups excluding carboxylic acids is 2. The molecule has 0 fully saturated rings. The van der Waals surface area contributed by atoms with Crippen molar-refractivity contribution in [2.75, 3.05) is 6.54 Å². The van der Waals surface area contributed by atoms with Crippen molar-refractivity contribution in [1.82, 2.24) is 10.2 Å². The largest absolute Gasteiger partial charge is 0.354 e. The highest BCUT2D eigenvalue weighted by Gasteiger charge is 2.30. The third kappa shape index (κ3) is 7.05. The molecule has 0 saturated carbocycles. The lowest BCUT2D eigenvalue weighted by atomic mass is 10.0. The SMILES string of the molecule is CCCNC(=O)C(Cc1ccccc1)N(Cc1ccc(Cl)c(Cl)c1)C(=O)Cc1ccccc1F. The third-order valence-corrected chi connectivity index (χ3v) is 6.20. The standard InChI is InChI=1S/C27H27Cl2FN2O2/c1-2-14-31-27(34)25(16-19-8-4-3-5-9-19)32(18-20-12-13-22(28)23(29)15-20)26(33)17-21-10-6-7-11-24(21)30/h3-13,15,25H,2,14,16-18H2,1H3,(H,31,34). The van der Waals surface area contributed by atoms with Crippen LogP contribution in [0, 0.1) is 5.82 Å². The molecule has 0 bridgehead atoms. The van der Waals surface area contributed by atoms with Crippen LogP contribution >= 0.6 is 23.2 Å². The van der Waals surface area contributed by atoms with Gasteiger partial charge in [0.2, 0.25) is 11.8 Å². The maximum atomic E-state index is 14.3. The summed E-state index contributed by atoms with van der Waals surface area (Å²) in [5, 5.41) is 3.67. The lowest BCUT2D eigenvalue weighted by molar-refractivity contribution is -0.140. The first kappa shape index (κ1) is 25.7. The van der Waals surface area contributed by atoms with E-state index in [1.807, 2.05) is 37.3 Å². The molecule has 0 heterocycles. The maximum Gasteiger partial charge on any atom is 0.243 e. The van der Waals surface area contributed by atoms with E-state index in [1.165, 1.54) is 11.0 Å². The molecule has 1 unspecified atom stereocenters. The fourth-order valence-electron chi connectivity index (χ4n) is 3.66. The van der Waals surface area contributed by atoms with Gasteiger partial charge in [-0.15, -0.1) is 0 Å². The molecule has 7 heteroatoms. The number of halogens is 3. The first-order chi connectivity index (χ1) is 16.4. The van der Waals surface area contributed by atoms with Gasteiger partial charge in [0.1, 0.15) is 11.9 Å². The van der Waals surface area contributed by atoms with Gasteiger partial charge in [0.15, 0.2) is 0 Å². The van der Waals surface area contributed by atoms with E-state index in [0.29, 0.717) is 23.0 Å². The molecule has 3 aromatic carbocycles. The Morgan fingerprint density at radius 3 is 2.32 bits per heavy atom. The second-order valence-corrected chi connectivity index (χ2v) is 8.85. The van der Waals surface area contributed by atoms with Gasteiger partial charge in [-0.2, -0.15) is 0 Å². The number of hydrogen-bond acceptors (Lipinski definition) is 2. The molecule has 4 nitrogen and oxygen atoms in total. The van der Waals surface area contributed by atoms with Crippen molar-refractivity contribution in [3.8, 4) is 0 Å². The fourth-order valence-corrected chi connectivity index (χ4v) is 3.98. The van der Waals surface area contributed by atoms with E-state index in [0.717, 1.165) is 17.5 Å². The molecule has 34 heavy (non-hydrogen) atoms. The molecule has 0 saturated heterocycles. The summed E-state index contributed by atoms with van der Waals surface area (Å²) in [6.45, 7) is 2.58. The highest BCUT2D eigenvalue weighted by molar-refractivity contribution is 6.42. The zero-order valence-electron chi connectivity index (χ0n) is 18.9. The van der Waals surface area contributed by atoms with Crippen molar-refractivity contribution in [3.05, 3.63) is 105 Å². The van der Waals surface area contributed by atoms with Gasteiger partial charge in [0, 0.05) is 19.5 Å². The van der Waals surface area contributed by atoms with Gasteiger partial charge in [-0.1, -0.05) is 84.7 Å². The van der Waals surface area contributed by atoms with Crippen molar-refractivity contribution in [1.29, 1.82) is 0 Å². The third-order valence-electron chi connectivity index (χ3n) is 5.46. The van der Waals surface area contributed by atoms with E-state index in [4.69, 9.17) is 23.2 Å². The smallest absolute Gasteiger partial charge is 0.243 e. The summed E-state index contributed by atoms with van der Waals surface area (Å²) < 4.78 is 14.3. The van der Waals surface area contributed by atoms with Crippen LogP contribution in [0.1, 0.15) is 30.0 Å². The summed E-state index contributed by atoms with van der Waals surface area (Å²) in [6.07, 6.45) is 0.917. The van der Waals surface area contributed by atoms with E-state index in [9.17, 15) is 14.0 Å². The molecule has 0 aliphatic carbocycles. The number of rotatable bonds is 10. The van der Waals surface area contributed by atoms with Gasteiger partial charge in [-0.05, 0) is 41.3 Å². The van der Waals surface area contributed by atoms with Crippen LogP contribution in [-0.2, 0) is 29.0 Å². The predicted octanol–water partition coefficient (Wildman–Crippen LogP) is 5.84. The molecule has 2 amide bonds. The molecule has 0 radical (unpaired) electrons. The summed E-state index contributed by atoms with van der Waals surface area (Å²) in [5.74, 6) is -1.07. The first-order valence-electron chi connectivity index (χ1n) is 11.2. The topological polar surface area (TPSA) is 49.4 Å². The molecule has 0 aliphatic rings. The van der Waals surface area contributed by atoms with Gasteiger partial charge in [0.05, 0.1) is 16.5 Å². The first-order valence-corrected chi connectivity index (χ1v) is 11.9. The van der Waals surface area contributed by atoms with Crippen LogP contribution in [0.5, 0.6) is 0 Å². The number of benzene rings is 3. The van der Waals surface area contributed by atoms with E-state index in [1.54, 1.807) is 36.4 Å². The molecule has 0 spiro atoms. The van der Waals surface area contributed by atoms with Crippen LogP contribution < -0.4 is 5.32 Å². The van der Waals surface area contributed by atoms with Gasteiger partial charge >= 0.3 is 0 Å². The predicted molar refractivity (Wildman–Crippen MR) is 134 cm³/mol. The van der Waals surface area contributed by atoms with E-state index < -0.39 is 11.9 Å². The molecule has 3 rings (SSSR count). The van der Waals surface area contributed by atoms with Crippen molar-refractivity contribution in [2.24, 2.45) is 0 Å². The van der Waals surface area contributed by atoms with Gasteiger partial charge < -0.3 is 10.2 Å². The molecule has 178 valence electrons. The summed E-state index contributed by atoms with van der Waals surface area (Å²) in [6, 6.07) is 20.0. The monoisotopic (exact) mass is 500 g/mol. The van der Waals surface area contributed by atoms with Crippen molar-refractivity contribution in [2.45, 2.75) is 38.8 Å². The summed E-state index contributed by atoms with van der Waals surface area (Å²) in [4.78, 5) is 28.3. The average Bonchev–Trinajstić information content (AvgIpc) is 2.84. The van der Waals surface area contributed by atoms with Crippen LogP contribution in [0.4, 0.5) is 4.39 Å². The Balaban J connectivity index is 1.98. The molecule has 1 N–H and O–H groups in total. The zero-order valence-corrected chi connectivity index (χ0v) is 20.5. The lowest BCUT2D eigenvalue weighted by Crippen LogP contribution is -2.51. The number of nitrogens with zero attached hydrogens (tertiary/aromatic N) is 1. The average molecular weight is 501 g/mol. The molecule has 0 aromatic heterocycles. The second-order valence-electron chi connectivity index (χ2n) is 8.03. The van der Waals surface area contributed by atoms with E-state index in [-0.39, 0.29) is 30.3 Å². The number of amides is 2. The van der Waals surface area contributed by atoms with Gasteiger partial charge in [-0.3, -0.25) is 9.59 Å². The Bertz CT molecular complexity index is 1120. The molecule has 3 aromatic rings. The Hall–Kier alpha value is -2.89. The van der Waals surface area contributed by atoms with Crippen LogP contribution in [0.25, 0.3) is 0 Å². The molecule has 0 aliphatic heterocycles. The normalized spacial score (nSPS) is 11.6. The van der Waals surface area contributed by atoms with Crippen LogP contribution in [-0.4, -0.2) is 29.3 Å². The Kier molecular flexibility index (Phi) is 9.49. The Morgan fingerprint density at radius 1 is 0.941 bits per heavy atom. The summed E-state index contributed by atoms with van der Waals surface area (Å²) >= 11 is 12.3. The minimum absolute atomic E-state index is 0.126. The number of carbonyl (C=O) groups is 2. The molecule has 1 atom stereocenters. The van der Waals surface area contributed by atoms with Gasteiger partial charge in [0.25, 0.3) is 0 Å². The summed E-state index contributed by atoms with van der Waals surface area (Å²) in [7, 11) is 0. The fraction of sp³-hybridized carbons (Fsp3) is 0.259. The van der Waals surface area contributed by atoms with Crippen LogP contribution in [0.3, 0.4) is 0 Å². The number of hydrogen-bond donors (Lipinski definition) is 1. The van der Waals surface area contributed by atoms with Crippen LogP contribution in [0.2, 0.25) is 10.0 Å². The van der Waals surface area contributed by atoms with E-state index in [2.05, 4.69) is 5.32 Å². The molecular weight excluding hydrogens is 474 g/mol. The Morgan fingerprint density at radius 2 is 1.65 bits per heavy atom. The molecular formula is C27H27Cl2FN2O2. The zero-order chi connectivity index (χ0) is 24.5. The number of nitrogens with one attached hydrogen (secondary N) is 1.